The predicted molar refractivity (Wildman–Crippen MR) is 41.3 cm³/mol. The standard InChI is InChI=1S/C7H11NS/c1-5-7-6(2)8(5)3-4-9-7/h3-7H,1-2H3. The van der Waals surface area contributed by atoms with E-state index in [1.54, 1.807) is 0 Å². The first-order chi connectivity index (χ1) is 4.30. The highest BCUT2D eigenvalue weighted by molar-refractivity contribution is 8.03. The minimum Gasteiger partial charge on any atom is -0.369 e. The summed E-state index contributed by atoms with van der Waals surface area (Å²) in [5, 5.41) is 3.07. The first-order valence-corrected chi connectivity index (χ1v) is 4.34. The van der Waals surface area contributed by atoms with Gasteiger partial charge in [-0.2, -0.15) is 0 Å². The summed E-state index contributed by atoms with van der Waals surface area (Å²) in [6.45, 7) is 4.59. The lowest BCUT2D eigenvalue weighted by atomic mass is 9.96. The van der Waals surface area contributed by atoms with Crippen LogP contribution in [0.25, 0.3) is 0 Å². The summed E-state index contributed by atoms with van der Waals surface area (Å²) in [6.07, 6.45) is 2.21. The molecule has 3 rings (SSSR count). The Kier molecular flexibility index (Phi) is 1.06. The summed E-state index contributed by atoms with van der Waals surface area (Å²) in [5.74, 6) is 0. The Morgan fingerprint density at radius 1 is 1.33 bits per heavy atom. The highest BCUT2D eigenvalue weighted by Gasteiger charge is 2.42. The zero-order valence-corrected chi connectivity index (χ0v) is 6.56. The van der Waals surface area contributed by atoms with Gasteiger partial charge >= 0.3 is 0 Å². The fraction of sp³-hybridized carbons (Fsp3) is 0.714. The third kappa shape index (κ3) is 0.571. The Labute approximate surface area is 60.1 Å². The van der Waals surface area contributed by atoms with Gasteiger partial charge in [0.15, 0.2) is 0 Å². The zero-order chi connectivity index (χ0) is 6.43. The van der Waals surface area contributed by atoms with Crippen molar-refractivity contribution in [2.24, 2.45) is 0 Å². The van der Waals surface area contributed by atoms with Crippen molar-refractivity contribution in [3.63, 3.8) is 0 Å². The minimum atomic E-state index is 0.787. The van der Waals surface area contributed by atoms with Gasteiger partial charge in [-0.1, -0.05) is 0 Å². The van der Waals surface area contributed by atoms with Crippen molar-refractivity contribution in [1.82, 2.24) is 4.90 Å². The molecule has 0 aromatic carbocycles. The van der Waals surface area contributed by atoms with Crippen LogP contribution in [-0.4, -0.2) is 22.2 Å². The monoisotopic (exact) mass is 141 g/mol. The molecule has 1 fully saturated rings. The van der Waals surface area contributed by atoms with Gasteiger partial charge < -0.3 is 4.90 Å². The Hall–Kier alpha value is -0.110. The summed E-state index contributed by atoms with van der Waals surface area (Å²) in [4.78, 5) is 2.42. The first kappa shape index (κ1) is 5.66. The van der Waals surface area contributed by atoms with E-state index in [4.69, 9.17) is 0 Å². The van der Waals surface area contributed by atoms with Crippen LogP contribution < -0.4 is 0 Å². The number of fused-ring (bicyclic) bond motifs is 1. The molecule has 3 heterocycles. The smallest absolute Gasteiger partial charge is 0.0491 e. The van der Waals surface area contributed by atoms with Gasteiger partial charge in [0.25, 0.3) is 0 Å². The molecule has 2 unspecified atom stereocenters. The highest BCUT2D eigenvalue weighted by atomic mass is 32.2. The van der Waals surface area contributed by atoms with E-state index in [0.717, 1.165) is 17.3 Å². The molecule has 3 aliphatic rings. The van der Waals surface area contributed by atoms with E-state index in [2.05, 4.69) is 30.4 Å². The van der Waals surface area contributed by atoms with Crippen LogP contribution in [0.4, 0.5) is 0 Å². The largest absolute Gasteiger partial charge is 0.369 e. The molecule has 2 heteroatoms. The molecule has 1 saturated heterocycles. The van der Waals surface area contributed by atoms with Crippen molar-refractivity contribution >= 4 is 11.8 Å². The van der Waals surface area contributed by atoms with Crippen molar-refractivity contribution in [2.75, 3.05) is 0 Å². The Bertz CT molecular complexity index is 145. The molecule has 0 saturated carbocycles. The molecule has 0 N–H and O–H groups in total. The van der Waals surface area contributed by atoms with Gasteiger partial charge in [0.2, 0.25) is 0 Å². The normalized spacial score (nSPS) is 46.9. The molecule has 0 amide bonds. The fourth-order valence-corrected chi connectivity index (χ4v) is 2.84. The van der Waals surface area contributed by atoms with Crippen molar-refractivity contribution in [3.8, 4) is 0 Å². The lowest BCUT2D eigenvalue weighted by Crippen LogP contribution is -2.62. The summed E-state index contributed by atoms with van der Waals surface area (Å²) in [7, 11) is 0. The molecule has 2 bridgehead atoms. The third-order valence-electron chi connectivity index (χ3n) is 2.36. The number of thioether (sulfide) groups is 1. The SMILES string of the molecule is CC1C2SC=CN1C2C. The van der Waals surface area contributed by atoms with E-state index < -0.39 is 0 Å². The molecule has 0 radical (unpaired) electrons. The van der Waals surface area contributed by atoms with Gasteiger partial charge in [0.1, 0.15) is 0 Å². The average molecular weight is 141 g/mol. The number of hydrogen-bond donors (Lipinski definition) is 0. The molecule has 9 heavy (non-hydrogen) atoms. The maximum Gasteiger partial charge on any atom is 0.0491 e. The average Bonchev–Trinajstić information content (AvgIpc) is 1.91. The number of rotatable bonds is 0. The maximum absolute atomic E-state index is 2.42. The van der Waals surface area contributed by atoms with E-state index >= 15 is 0 Å². The van der Waals surface area contributed by atoms with Gasteiger partial charge in [-0.3, -0.25) is 0 Å². The van der Waals surface area contributed by atoms with Crippen LogP contribution in [0.15, 0.2) is 11.6 Å². The van der Waals surface area contributed by atoms with Gasteiger partial charge in [0.05, 0.1) is 0 Å². The van der Waals surface area contributed by atoms with E-state index in [1.165, 1.54) is 0 Å². The topological polar surface area (TPSA) is 3.24 Å². The number of hydrogen-bond acceptors (Lipinski definition) is 2. The molecule has 0 aliphatic carbocycles. The van der Waals surface area contributed by atoms with Crippen LogP contribution in [0.5, 0.6) is 0 Å². The molecular weight excluding hydrogens is 130 g/mol. The first-order valence-electron chi connectivity index (χ1n) is 3.40. The molecule has 50 valence electrons. The van der Waals surface area contributed by atoms with E-state index in [1.807, 2.05) is 11.8 Å². The van der Waals surface area contributed by atoms with Crippen molar-refractivity contribution < 1.29 is 0 Å². The van der Waals surface area contributed by atoms with Crippen LogP contribution in [0.2, 0.25) is 0 Å². The summed E-state index contributed by atoms with van der Waals surface area (Å²) in [6, 6.07) is 1.57. The third-order valence-corrected chi connectivity index (χ3v) is 3.74. The molecule has 3 aliphatic heterocycles. The number of nitrogens with zero attached hydrogens (tertiary/aromatic N) is 1. The molecule has 0 aromatic rings. The molecule has 2 atom stereocenters. The Morgan fingerprint density at radius 2 is 2.00 bits per heavy atom. The minimum absolute atomic E-state index is 0.787. The van der Waals surface area contributed by atoms with Gasteiger partial charge in [-0.05, 0) is 19.3 Å². The summed E-state index contributed by atoms with van der Waals surface area (Å²) in [5.41, 5.74) is 0. The van der Waals surface area contributed by atoms with E-state index in [0.29, 0.717) is 0 Å². The Balaban J connectivity index is 2.21. The van der Waals surface area contributed by atoms with Gasteiger partial charge in [0, 0.05) is 23.5 Å². The van der Waals surface area contributed by atoms with Gasteiger partial charge in [-0.25, -0.2) is 0 Å². The second kappa shape index (κ2) is 1.69. The Morgan fingerprint density at radius 3 is 2.22 bits per heavy atom. The van der Waals surface area contributed by atoms with Crippen LogP contribution in [0, 0.1) is 0 Å². The molecule has 0 spiro atoms. The maximum atomic E-state index is 2.42. The zero-order valence-electron chi connectivity index (χ0n) is 5.74. The predicted octanol–water partition coefficient (Wildman–Crippen LogP) is 1.67. The van der Waals surface area contributed by atoms with Crippen LogP contribution in [-0.2, 0) is 0 Å². The molecule has 0 aromatic heterocycles. The van der Waals surface area contributed by atoms with Crippen molar-refractivity contribution in [3.05, 3.63) is 11.6 Å². The molecular formula is C7H11NS. The summed E-state index contributed by atoms with van der Waals surface area (Å²) < 4.78 is 0. The second-order valence-electron chi connectivity index (χ2n) is 2.81. The quantitative estimate of drug-likeness (QED) is 0.505. The lowest BCUT2D eigenvalue weighted by molar-refractivity contribution is 0.104. The fourth-order valence-electron chi connectivity index (χ4n) is 1.71. The highest BCUT2D eigenvalue weighted by Crippen LogP contribution is 2.40. The van der Waals surface area contributed by atoms with Crippen LogP contribution in [0.1, 0.15) is 13.8 Å². The van der Waals surface area contributed by atoms with E-state index in [-0.39, 0.29) is 0 Å². The van der Waals surface area contributed by atoms with Crippen LogP contribution in [0.3, 0.4) is 0 Å². The van der Waals surface area contributed by atoms with E-state index in [9.17, 15) is 0 Å². The second-order valence-corrected chi connectivity index (χ2v) is 3.90. The summed E-state index contributed by atoms with van der Waals surface area (Å²) >= 11 is 1.98. The van der Waals surface area contributed by atoms with Crippen LogP contribution >= 0.6 is 11.8 Å². The van der Waals surface area contributed by atoms with Crippen molar-refractivity contribution in [1.29, 1.82) is 0 Å². The van der Waals surface area contributed by atoms with Crippen molar-refractivity contribution in [2.45, 2.75) is 31.2 Å². The van der Waals surface area contributed by atoms with Gasteiger partial charge in [-0.15, -0.1) is 11.8 Å². The molecule has 1 nitrogen and oxygen atoms in total. The lowest BCUT2D eigenvalue weighted by Gasteiger charge is -2.54.